The minimum atomic E-state index is -0.363. The number of ether oxygens (including phenoxy) is 1. The van der Waals surface area contributed by atoms with E-state index in [1.807, 2.05) is 30.3 Å². The molecule has 86 valence electrons. The number of benzene rings is 1. The second kappa shape index (κ2) is 4.65. The molecule has 4 nitrogen and oxygen atoms in total. The van der Waals surface area contributed by atoms with Crippen molar-refractivity contribution in [3.05, 3.63) is 47.3 Å². The van der Waals surface area contributed by atoms with Gasteiger partial charge in [-0.05, 0) is 0 Å². The van der Waals surface area contributed by atoms with Gasteiger partial charge in [0, 0.05) is 12.7 Å². The monoisotopic (exact) mass is 220 g/mol. The summed E-state index contributed by atoms with van der Waals surface area (Å²) in [6.45, 7) is 1.30. The van der Waals surface area contributed by atoms with Crippen molar-refractivity contribution in [3.8, 4) is 0 Å². The van der Waals surface area contributed by atoms with Gasteiger partial charge in [-0.25, -0.2) is 0 Å². The van der Waals surface area contributed by atoms with Crippen LogP contribution in [0, 0.1) is 5.21 Å². The summed E-state index contributed by atoms with van der Waals surface area (Å²) in [6.07, 6.45) is 1.72. The third kappa shape index (κ3) is 2.41. The standard InChI is InChI=1S/C12H16N2O2/c1-16-8-7-14(15)9-12(13-10-14)11-5-3-2-4-6-11/h2-6,9,13H,7-8,10H2,1H3. The molecule has 0 aromatic heterocycles. The van der Waals surface area contributed by atoms with Gasteiger partial charge in [0.25, 0.3) is 0 Å². The van der Waals surface area contributed by atoms with Gasteiger partial charge in [-0.15, -0.1) is 0 Å². The Hall–Kier alpha value is -1.36. The number of hydrogen-bond donors (Lipinski definition) is 1. The summed E-state index contributed by atoms with van der Waals surface area (Å²) < 4.78 is 4.57. The van der Waals surface area contributed by atoms with Crippen LogP contribution in [0.15, 0.2) is 36.5 Å². The maximum atomic E-state index is 12.2. The van der Waals surface area contributed by atoms with Crippen LogP contribution in [0.4, 0.5) is 0 Å². The van der Waals surface area contributed by atoms with E-state index >= 15 is 0 Å². The van der Waals surface area contributed by atoms with Crippen LogP contribution >= 0.6 is 0 Å². The van der Waals surface area contributed by atoms with Crippen molar-refractivity contribution in [1.29, 1.82) is 0 Å². The zero-order valence-electron chi connectivity index (χ0n) is 9.35. The topological polar surface area (TPSA) is 44.3 Å². The lowest BCUT2D eigenvalue weighted by atomic mass is 10.2. The van der Waals surface area contributed by atoms with Crippen LogP contribution in [-0.4, -0.2) is 31.6 Å². The normalized spacial score (nSPS) is 24.0. The van der Waals surface area contributed by atoms with Crippen LogP contribution < -0.4 is 5.32 Å². The minimum Gasteiger partial charge on any atom is -0.626 e. The van der Waals surface area contributed by atoms with Gasteiger partial charge in [0.05, 0.1) is 6.61 Å². The molecule has 1 unspecified atom stereocenters. The quantitative estimate of drug-likeness (QED) is 0.618. The van der Waals surface area contributed by atoms with Crippen LogP contribution in [-0.2, 0) is 4.74 Å². The number of nitrogens with zero attached hydrogens (tertiary/aromatic N) is 1. The third-order valence-corrected chi connectivity index (χ3v) is 2.66. The highest BCUT2D eigenvalue weighted by molar-refractivity contribution is 5.63. The van der Waals surface area contributed by atoms with Gasteiger partial charge in [-0.3, -0.25) is 0 Å². The molecular formula is C12H16N2O2. The fourth-order valence-electron chi connectivity index (χ4n) is 1.73. The van der Waals surface area contributed by atoms with Crippen molar-refractivity contribution in [3.63, 3.8) is 0 Å². The molecule has 0 spiro atoms. The van der Waals surface area contributed by atoms with Crippen LogP contribution in [0.3, 0.4) is 0 Å². The lowest BCUT2D eigenvalue weighted by Crippen LogP contribution is -2.40. The predicted octanol–water partition coefficient (Wildman–Crippen LogP) is 1.51. The SMILES string of the molecule is COCC[N+]1([O-])C=C(c2ccccc2)NC1. The molecule has 1 aliphatic rings. The molecular weight excluding hydrogens is 204 g/mol. The van der Waals surface area contributed by atoms with E-state index in [1.54, 1.807) is 13.3 Å². The first-order valence-corrected chi connectivity index (χ1v) is 5.32. The molecule has 0 amide bonds. The average molecular weight is 220 g/mol. The van der Waals surface area contributed by atoms with Crippen LogP contribution in [0.5, 0.6) is 0 Å². The molecule has 1 heterocycles. The Kier molecular flexibility index (Phi) is 3.24. The summed E-state index contributed by atoms with van der Waals surface area (Å²) >= 11 is 0. The van der Waals surface area contributed by atoms with E-state index in [0.29, 0.717) is 19.8 Å². The third-order valence-electron chi connectivity index (χ3n) is 2.66. The summed E-state index contributed by atoms with van der Waals surface area (Å²) in [4.78, 5) is 0. The molecule has 1 aromatic carbocycles. The van der Waals surface area contributed by atoms with Gasteiger partial charge in [0.1, 0.15) is 18.4 Å². The molecule has 0 fully saturated rings. The van der Waals surface area contributed by atoms with Gasteiger partial charge in [-0.1, -0.05) is 30.3 Å². The van der Waals surface area contributed by atoms with E-state index in [1.165, 1.54) is 0 Å². The Balaban J connectivity index is 2.11. The van der Waals surface area contributed by atoms with Crippen molar-refractivity contribution in [1.82, 2.24) is 5.32 Å². The van der Waals surface area contributed by atoms with E-state index < -0.39 is 0 Å². The van der Waals surface area contributed by atoms with Gasteiger partial charge < -0.3 is 19.9 Å². The van der Waals surface area contributed by atoms with Crippen molar-refractivity contribution < 1.29 is 9.38 Å². The van der Waals surface area contributed by atoms with Crippen molar-refractivity contribution in [2.24, 2.45) is 0 Å². The number of hydroxylamine groups is 3. The maximum Gasteiger partial charge on any atom is 0.156 e. The second-order valence-corrected chi connectivity index (χ2v) is 3.91. The Morgan fingerprint density at radius 2 is 2.12 bits per heavy atom. The largest absolute Gasteiger partial charge is 0.626 e. The van der Waals surface area contributed by atoms with Crippen LogP contribution in [0.25, 0.3) is 5.70 Å². The summed E-state index contributed by atoms with van der Waals surface area (Å²) in [7, 11) is 1.61. The van der Waals surface area contributed by atoms with Crippen molar-refractivity contribution in [2.45, 2.75) is 0 Å². The average Bonchev–Trinajstić information content (AvgIpc) is 2.71. The van der Waals surface area contributed by atoms with Gasteiger partial charge in [0.15, 0.2) is 6.67 Å². The maximum absolute atomic E-state index is 12.2. The Morgan fingerprint density at radius 3 is 2.81 bits per heavy atom. The predicted molar refractivity (Wildman–Crippen MR) is 62.8 cm³/mol. The number of rotatable bonds is 4. The Labute approximate surface area is 95.3 Å². The first kappa shape index (κ1) is 11.1. The molecule has 2 rings (SSSR count). The lowest BCUT2D eigenvalue weighted by Gasteiger charge is -2.34. The molecule has 1 atom stereocenters. The van der Waals surface area contributed by atoms with E-state index in [9.17, 15) is 5.21 Å². The molecule has 0 bridgehead atoms. The number of quaternary nitrogens is 1. The summed E-state index contributed by atoms with van der Waals surface area (Å²) in [5.41, 5.74) is 1.96. The first-order chi connectivity index (χ1) is 7.73. The zero-order chi connectivity index (χ0) is 11.4. The molecule has 16 heavy (non-hydrogen) atoms. The molecule has 0 saturated heterocycles. The minimum absolute atomic E-state index is 0.363. The Morgan fingerprint density at radius 1 is 1.38 bits per heavy atom. The van der Waals surface area contributed by atoms with E-state index in [0.717, 1.165) is 11.3 Å². The summed E-state index contributed by atoms with van der Waals surface area (Å²) in [5.74, 6) is 0. The highest BCUT2D eigenvalue weighted by Crippen LogP contribution is 2.21. The molecule has 0 radical (unpaired) electrons. The highest BCUT2D eigenvalue weighted by Gasteiger charge is 2.23. The zero-order valence-corrected chi connectivity index (χ0v) is 9.35. The lowest BCUT2D eigenvalue weighted by molar-refractivity contribution is -0.825. The van der Waals surface area contributed by atoms with E-state index in [2.05, 4.69) is 5.32 Å². The number of hydrogen-bond acceptors (Lipinski definition) is 3. The fourth-order valence-corrected chi connectivity index (χ4v) is 1.73. The molecule has 4 heteroatoms. The molecule has 1 N–H and O–H groups in total. The van der Waals surface area contributed by atoms with Gasteiger partial charge >= 0.3 is 0 Å². The number of nitrogens with one attached hydrogen (secondary N) is 1. The summed E-state index contributed by atoms with van der Waals surface area (Å²) in [6, 6.07) is 9.87. The van der Waals surface area contributed by atoms with Gasteiger partial charge in [-0.2, -0.15) is 0 Å². The van der Waals surface area contributed by atoms with Crippen molar-refractivity contribution >= 4 is 5.70 Å². The molecule has 1 aromatic rings. The first-order valence-electron chi connectivity index (χ1n) is 5.32. The van der Waals surface area contributed by atoms with Crippen LogP contribution in [0.2, 0.25) is 0 Å². The van der Waals surface area contributed by atoms with E-state index in [4.69, 9.17) is 4.74 Å². The van der Waals surface area contributed by atoms with Crippen molar-refractivity contribution in [2.75, 3.05) is 26.9 Å². The highest BCUT2D eigenvalue weighted by atomic mass is 16.6. The fraction of sp³-hybridized carbons (Fsp3) is 0.333. The molecule has 0 aliphatic carbocycles. The molecule has 1 aliphatic heterocycles. The van der Waals surface area contributed by atoms with E-state index in [-0.39, 0.29) is 4.65 Å². The second-order valence-electron chi connectivity index (χ2n) is 3.91. The number of methoxy groups -OCH3 is 1. The smallest absolute Gasteiger partial charge is 0.156 e. The molecule has 0 saturated carbocycles. The summed E-state index contributed by atoms with van der Waals surface area (Å²) in [5, 5.41) is 15.3. The van der Waals surface area contributed by atoms with Gasteiger partial charge in [0.2, 0.25) is 0 Å². The van der Waals surface area contributed by atoms with Crippen LogP contribution in [0.1, 0.15) is 5.56 Å². The Bertz CT molecular complexity index is 378.